The number of ether oxygens (including phenoxy) is 2. The lowest BCUT2D eigenvalue weighted by molar-refractivity contribution is -0.0132. The first-order valence-corrected chi connectivity index (χ1v) is 11.3. The zero-order valence-corrected chi connectivity index (χ0v) is 17.9. The van der Waals surface area contributed by atoms with Gasteiger partial charge in [0.1, 0.15) is 5.82 Å². The summed E-state index contributed by atoms with van der Waals surface area (Å²) in [6.45, 7) is 6.84. The van der Waals surface area contributed by atoms with Crippen LogP contribution in [0.25, 0.3) is 10.9 Å². The van der Waals surface area contributed by atoms with E-state index in [9.17, 15) is 0 Å². The van der Waals surface area contributed by atoms with Gasteiger partial charge in [-0.15, -0.1) is 0 Å². The fourth-order valence-electron chi connectivity index (χ4n) is 4.54. The summed E-state index contributed by atoms with van der Waals surface area (Å²) in [6, 6.07) is 16.7. The zero-order valence-electron chi connectivity index (χ0n) is 17.9. The second-order valence-corrected chi connectivity index (χ2v) is 8.39. The van der Waals surface area contributed by atoms with E-state index in [1.165, 1.54) is 10.9 Å². The lowest BCUT2D eigenvalue weighted by Gasteiger charge is -2.34. The van der Waals surface area contributed by atoms with Crippen molar-refractivity contribution in [3.05, 3.63) is 66.0 Å². The summed E-state index contributed by atoms with van der Waals surface area (Å²) in [6.07, 6.45) is 4.33. The van der Waals surface area contributed by atoms with Crippen molar-refractivity contribution in [2.45, 2.75) is 32.1 Å². The van der Waals surface area contributed by atoms with Crippen molar-refractivity contribution in [1.82, 2.24) is 14.9 Å². The molecule has 2 aliphatic rings. The number of fused-ring (bicyclic) bond motifs is 1. The van der Waals surface area contributed by atoms with Gasteiger partial charge in [-0.3, -0.25) is 9.88 Å². The van der Waals surface area contributed by atoms with E-state index in [2.05, 4.69) is 45.1 Å². The van der Waals surface area contributed by atoms with E-state index >= 15 is 0 Å². The second-order valence-electron chi connectivity index (χ2n) is 8.39. The van der Waals surface area contributed by atoms with Crippen LogP contribution >= 0.6 is 0 Å². The number of piperidine rings is 1. The number of rotatable bonds is 6. The van der Waals surface area contributed by atoms with E-state index < -0.39 is 0 Å². The first-order valence-electron chi connectivity index (χ1n) is 11.3. The summed E-state index contributed by atoms with van der Waals surface area (Å²) in [5.41, 5.74) is 3.35. The fourth-order valence-corrected chi connectivity index (χ4v) is 4.54. The molecule has 4 heterocycles. The molecule has 3 aromatic rings. The van der Waals surface area contributed by atoms with Gasteiger partial charge in [-0.25, -0.2) is 4.98 Å². The molecule has 2 aromatic heterocycles. The predicted molar refractivity (Wildman–Crippen MR) is 122 cm³/mol. The van der Waals surface area contributed by atoms with Gasteiger partial charge in [-0.05, 0) is 43.7 Å². The molecule has 2 saturated heterocycles. The van der Waals surface area contributed by atoms with Crippen LogP contribution in [0.1, 0.15) is 24.1 Å². The van der Waals surface area contributed by atoms with Crippen LogP contribution in [0.15, 0.2) is 54.7 Å². The standard InChI is InChI=1S/C25H30N4O2/c1-2-9-24-20(6-1)16-21(25(27-24)29-12-14-30-15-13-29)17-28-11-5-8-23(18-28)31-19-22-7-3-4-10-26-22/h1-4,6-7,9-10,16,23H,5,8,11-15,17-19H2. The molecular weight excluding hydrogens is 388 g/mol. The van der Waals surface area contributed by atoms with Crippen molar-refractivity contribution < 1.29 is 9.47 Å². The molecule has 0 amide bonds. The number of pyridine rings is 2. The molecule has 0 bridgehead atoms. The molecule has 31 heavy (non-hydrogen) atoms. The van der Waals surface area contributed by atoms with Crippen molar-refractivity contribution in [2.75, 3.05) is 44.3 Å². The molecule has 6 nitrogen and oxygen atoms in total. The molecule has 6 heteroatoms. The molecule has 2 fully saturated rings. The van der Waals surface area contributed by atoms with Crippen molar-refractivity contribution in [2.24, 2.45) is 0 Å². The van der Waals surface area contributed by atoms with Crippen LogP contribution in [-0.4, -0.2) is 60.4 Å². The Morgan fingerprint density at radius 2 is 1.90 bits per heavy atom. The summed E-state index contributed by atoms with van der Waals surface area (Å²) < 4.78 is 11.8. The van der Waals surface area contributed by atoms with Gasteiger partial charge in [0.25, 0.3) is 0 Å². The minimum Gasteiger partial charge on any atom is -0.378 e. The van der Waals surface area contributed by atoms with Crippen LogP contribution in [0.4, 0.5) is 5.82 Å². The lowest BCUT2D eigenvalue weighted by Crippen LogP contribution is -2.40. The van der Waals surface area contributed by atoms with Crippen LogP contribution in [0.3, 0.4) is 0 Å². The monoisotopic (exact) mass is 418 g/mol. The lowest BCUT2D eigenvalue weighted by atomic mass is 10.1. The Morgan fingerprint density at radius 3 is 2.77 bits per heavy atom. The topological polar surface area (TPSA) is 50.7 Å². The number of anilines is 1. The van der Waals surface area contributed by atoms with Gasteiger partial charge in [0.05, 0.1) is 37.1 Å². The Morgan fingerprint density at radius 1 is 1.03 bits per heavy atom. The van der Waals surface area contributed by atoms with Crippen molar-refractivity contribution in [3.8, 4) is 0 Å². The van der Waals surface area contributed by atoms with Crippen molar-refractivity contribution in [1.29, 1.82) is 0 Å². The highest BCUT2D eigenvalue weighted by molar-refractivity contribution is 5.81. The third-order valence-electron chi connectivity index (χ3n) is 6.14. The molecule has 1 unspecified atom stereocenters. The third kappa shape index (κ3) is 5.03. The minimum absolute atomic E-state index is 0.246. The van der Waals surface area contributed by atoms with Gasteiger partial charge in [0.2, 0.25) is 0 Å². The Hall–Kier alpha value is -2.54. The van der Waals surface area contributed by atoms with Gasteiger partial charge in [-0.2, -0.15) is 0 Å². The Kier molecular flexibility index (Phi) is 6.39. The maximum atomic E-state index is 6.21. The van der Waals surface area contributed by atoms with E-state index in [0.29, 0.717) is 6.61 Å². The molecule has 1 aromatic carbocycles. The molecule has 162 valence electrons. The number of benzene rings is 1. The highest BCUT2D eigenvalue weighted by atomic mass is 16.5. The highest BCUT2D eigenvalue weighted by Crippen LogP contribution is 2.27. The highest BCUT2D eigenvalue weighted by Gasteiger charge is 2.24. The third-order valence-corrected chi connectivity index (χ3v) is 6.14. The van der Waals surface area contributed by atoms with E-state index in [4.69, 9.17) is 14.5 Å². The maximum absolute atomic E-state index is 6.21. The molecule has 0 radical (unpaired) electrons. The smallest absolute Gasteiger partial charge is 0.133 e. The zero-order chi connectivity index (χ0) is 20.9. The SMILES string of the molecule is c1ccc(COC2CCCN(Cc3cc4ccccc4nc3N3CCOCC3)C2)nc1. The number of para-hydroxylation sites is 1. The first-order chi connectivity index (χ1) is 15.3. The van der Waals surface area contributed by atoms with Crippen molar-refractivity contribution in [3.63, 3.8) is 0 Å². The number of hydrogen-bond donors (Lipinski definition) is 0. The van der Waals surface area contributed by atoms with Crippen LogP contribution in [-0.2, 0) is 22.6 Å². The van der Waals surface area contributed by atoms with Gasteiger partial charge in [0, 0.05) is 43.3 Å². The van der Waals surface area contributed by atoms with Crippen LogP contribution < -0.4 is 4.90 Å². The average Bonchev–Trinajstić information content (AvgIpc) is 2.84. The molecule has 5 rings (SSSR count). The number of morpholine rings is 1. The summed E-state index contributed by atoms with van der Waals surface area (Å²) in [7, 11) is 0. The average molecular weight is 419 g/mol. The predicted octanol–water partition coefficient (Wildman–Crippen LogP) is 3.65. The molecule has 0 aliphatic carbocycles. The second kappa shape index (κ2) is 9.73. The van der Waals surface area contributed by atoms with E-state index in [1.54, 1.807) is 0 Å². The summed E-state index contributed by atoms with van der Waals surface area (Å²) >= 11 is 0. The largest absolute Gasteiger partial charge is 0.378 e. The summed E-state index contributed by atoms with van der Waals surface area (Å²) in [4.78, 5) is 14.3. The van der Waals surface area contributed by atoms with Crippen molar-refractivity contribution >= 4 is 16.7 Å². The molecule has 1 atom stereocenters. The number of likely N-dealkylation sites (tertiary alicyclic amines) is 1. The van der Waals surface area contributed by atoms with Crippen LogP contribution in [0, 0.1) is 0 Å². The summed E-state index contributed by atoms with van der Waals surface area (Å²) in [5.74, 6) is 1.11. The van der Waals surface area contributed by atoms with E-state index in [0.717, 1.165) is 75.8 Å². The maximum Gasteiger partial charge on any atom is 0.133 e. The van der Waals surface area contributed by atoms with Gasteiger partial charge >= 0.3 is 0 Å². The minimum atomic E-state index is 0.246. The van der Waals surface area contributed by atoms with Gasteiger partial charge in [0.15, 0.2) is 0 Å². The molecule has 0 spiro atoms. The van der Waals surface area contributed by atoms with E-state index in [-0.39, 0.29) is 6.10 Å². The number of aromatic nitrogens is 2. The normalized spacial score (nSPS) is 20.3. The molecule has 0 N–H and O–H groups in total. The first kappa shape index (κ1) is 20.4. The number of hydrogen-bond acceptors (Lipinski definition) is 6. The Labute approximate surface area is 183 Å². The Balaban J connectivity index is 1.31. The molecule has 0 saturated carbocycles. The summed E-state index contributed by atoms with van der Waals surface area (Å²) in [5, 5.41) is 1.20. The van der Waals surface area contributed by atoms with Crippen LogP contribution in [0.5, 0.6) is 0 Å². The van der Waals surface area contributed by atoms with E-state index in [1.807, 2.05) is 24.4 Å². The van der Waals surface area contributed by atoms with Gasteiger partial charge < -0.3 is 14.4 Å². The quantitative estimate of drug-likeness (QED) is 0.609. The van der Waals surface area contributed by atoms with Crippen LogP contribution in [0.2, 0.25) is 0 Å². The molecule has 2 aliphatic heterocycles. The Bertz CT molecular complexity index is 991. The fraction of sp³-hybridized carbons (Fsp3) is 0.440. The van der Waals surface area contributed by atoms with Gasteiger partial charge in [-0.1, -0.05) is 24.3 Å². The molecular formula is C25H30N4O2. The number of nitrogens with zero attached hydrogens (tertiary/aromatic N) is 4.